The molecule has 1 N–H and O–H groups in total. The Bertz CT molecular complexity index is 1740. The van der Waals surface area contributed by atoms with E-state index < -0.39 is 28.7 Å². The summed E-state index contributed by atoms with van der Waals surface area (Å²) >= 11 is 0. The Morgan fingerprint density at radius 1 is 0.980 bits per heavy atom. The Balaban J connectivity index is 1.38. The van der Waals surface area contributed by atoms with E-state index in [4.69, 9.17) is 9.47 Å². The summed E-state index contributed by atoms with van der Waals surface area (Å²) in [5, 5.41) is 9.51. The predicted molar refractivity (Wildman–Crippen MR) is 193 cm³/mol. The summed E-state index contributed by atoms with van der Waals surface area (Å²) < 4.78 is 43.2. The summed E-state index contributed by atoms with van der Waals surface area (Å²) in [5.41, 5.74) is 6.44. The Morgan fingerprint density at radius 3 is 2.18 bits per heavy atom. The second kappa shape index (κ2) is 14.4. The third-order valence-electron chi connectivity index (χ3n) is 10.9. The second-order valence-electron chi connectivity index (χ2n) is 15.3. The van der Waals surface area contributed by atoms with Gasteiger partial charge in [0.15, 0.2) is 6.61 Å². The van der Waals surface area contributed by atoms with Gasteiger partial charge in [-0.2, -0.15) is 4.31 Å². The second-order valence-corrected chi connectivity index (χ2v) is 17.2. The minimum atomic E-state index is -3.87. The van der Waals surface area contributed by atoms with Crippen molar-refractivity contribution in [3.8, 4) is 5.75 Å². The van der Waals surface area contributed by atoms with Crippen molar-refractivity contribution in [3.63, 3.8) is 0 Å². The average molecular weight is 686 g/mol. The number of hydrogen-bond acceptors (Lipinski definition) is 5. The Hall–Kier alpha value is -3.46. The SMILES string of the molecule is C=C(C)[C@@H]1C[C@@H](c2ccc(C(C)(C)C)cc2)[C@@H](C2CCCC2)O[C@H]1c1cc(S(=O)(=O)N2CCc3ccccc3CC2)ccc1OCC(=O)O. The van der Waals surface area contributed by atoms with Crippen LogP contribution in [0.4, 0.5) is 0 Å². The van der Waals surface area contributed by atoms with Crippen molar-refractivity contribution in [2.24, 2.45) is 11.8 Å². The van der Waals surface area contributed by atoms with Gasteiger partial charge in [-0.15, -0.1) is 0 Å². The summed E-state index contributed by atoms with van der Waals surface area (Å²) in [6, 6.07) is 21.9. The average Bonchev–Trinajstić information content (AvgIpc) is 3.52. The van der Waals surface area contributed by atoms with Gasteiger partial charge in [0.25, 0.3) is 0 Å². The first kappa shape index (κ1) is 35.4. The number of carbonyl (C=O) groups is 1. The van der Waals surface area contributed by atoms with E-state index in [1.807, 2.05) is 19.1 Å². The third-order valence-corrected chi connectivity index (χ3v) is 12.8. The van der Waals surface area contributed by atoms with Crippen LogP contribution in [0, 0.1) is 11.8 Å². The van der Waals surface area contributed by atoms with Gasteiger partial charge in [0, 0.05) is 30.5 Å². The van der Waals surface area contributed by atoms with Gasteiger partial charge in [-0.1, -0.05) is 94.3 Å². The monoisotopic (exact) mass is 685 g/mol. The highest BCUT2D eigenvalue weighted by atomic mass is 32.2. The molecule has 0 unspecified atom stereocenters. The number of hydrogen-bond donors (Lipinski definition) is 1. The molecule has 3 aromatic rings. The summed E-state index contributed by atoms with van der Waals surface area (Å²) in [4.78, 5) is 11.8. The van der Waals surface area contributed by atoms with Crippen molar-refractivity contribution in [1.29, 1.82) is 0 Å². The zero-order valence-corrected chi connectivity index (χ0v) is 30.2. The number of rotatable bonds is 9. The molecule has 7 nitrogen and oxygen atoms in total. The molecule has 4 atom stereocenters. The molecule has 6 rings (SSSR count). The summed E-state index contributed by atoms with van der Waals surface area (Å²) in [5.74, 6) is -0.392. The van der Waals surface area contributed by atoms with Crippen molar-refractivity contribution < 1.29 is 27.8 Å². The normalized spacial score (nSPS) is 23.8. The number of aliphatic carboxylic acids is 1. The Labute approximate surface area is 292 Å². The number of ether oxygens (including phenoxy) is 2. The number of carboxylic acid groups (broad SMARTS) is 1. The highest BCUT2D eigenvalue weighted by Crippen LogP contribution is 2.52. The van der Waals surface area contributed by atoms with Crippen molar-refractivity contribution >= 4 is 16.0 Å². The van der Waals surface area contributed by atoms with E-state index in [-0.39, 0.29) is 28.3 Å². The number of sulfonamides is 1. The maximum atomic E-state index is 14.3. The number of fused-ring (bicyclic) bond motifs is 1. The van der Waals surface area contributed by atoms with Crippen LogP contribution in [0.5, 0.6) is 5.75 Å². The minimum absolute atomic E-state index is 0.0484. The van der Waals surface area contributed by atoms with Gasteiger partial charge >= 0.3 is 5.97 Å². The first-order chi connectivity index (χ1) is 23.3. The Morgan fingerprint density at radius 2 is 1.61 bits per heavy atom. The minimum Gasteiger partial charge on any atom is -0.482 e. The standard InChI is InChI=1S/C41H51NO6S/c1-27(2)34-25-35(30-14-16-32(17-15-30)41(3,4)5)39(31-12-8-9-13-31)48-40(34)36-24-33(18-19-37(36)47-26-38(43)44)49(45,46)42-22-20-28-10-6-7-11-29(28)21-23-42/h6-7,10-11,14-19,24,31,34-35,39-40H,1,8-9,12-13,20-23,25-26H2,2-5H3,(H,43,44)/t34-,35-,39+,40+/m0/s1. The third kappa shape index (κ3) is 7.67. The largest absolute Gasteiger partial charge is 0.482 e. The van der Waals surface area contributed by atoms with Gasteiger partial charge < -0.3 is 14.6 Å². The zero-order chi connectivity index (χ0) is 34.9. The molecule has 1 aliphatic carbocycles. The maximum Gasteiger partial charge on any atom is 0.341 e. The lowest BCUT2D eigenvalue weighted by molar-refractivity contribution is -0.139. The fraction of sp³-hybridized carbons (Fsp3) is 0.488. The fourth-order valence-corrected chi connectivity index (χ4v) is 9.62. The first-order valence-electron chi connectivity index (χ1n) is 17.8. The van der Waals surface area contributed by atoms with Gasteiger partial charge in [0.1, 0.15) is 5.75 Å². The molecule has 0 spiro atoms. The van der Waals surface area contributed by atoms with Crippen LogP contribution in [0.2, 0.25) is 0 Å². The lowest BCUT2D eigenvalue weighted by Crippen LogP contribution is -2.40. The molecule has 262 valence electrons. The molecule has 8 heteroatoms. The van der Waals surface area contributed by atoms with Crippen LogP contribution >= 0.6 is 0 Å². The number of nitrogens with zero attached hydrogens (tertiary/aromatic N) is 1. The molecule has 3 aliphatic rings. The first-order valence-corrected chi connectivity index (χ1v) is 19.2. The van der Waals surface area contributed by atoms with Crippen LogP contribution in [-0.2, 0) is 37.8 Å². The van der Waals surface area contributed by atoms with Gasteiger partial charge in [0.05, 0.1) is 17.1 Å². The molecule has 2 fully saturated rings. The maximum absolute atomic E-state index is 14.3. The quantitative estimate of drug-likeness (QED) is 0.228. The van der Waals surface area contributed by atoms with Crippen LogP contribution in [0.3, 0.4) is 0 Å². The van der Waals surface area contributed by atoms with Crippen LogP contribution in [0.1, 0.15) is 99.6 Å². The molecule has 3 aromatic carbocycles. The molecule has 2 heterocycles. The van der Waals surface area contributed by atoms with Crippen LogP contribution in [0.15, 0.2) is 83.8 Å². The van der Waals surface area contributed by atoms with Gasteiger partial charge in [-0.05, 0) is 90.8 Å². The van der Waals surface area contributed by atoms with Crippen LogP contribution < -0.4 is 4.74 Å². The van der Waals surface area contributed by atoms with Crippen molar-refractivity contribution in [3.05, 3.63) is 107 Å². The lowest BCUT2D eigenvalue weighted by Gasteiger charge is -2.45. The molecule has 0 aromatic heterocycles. The van der Waals surface area contributed by atoms with Gasteiger partial charge in [-0.3, -0.25) is 0 Å². The van der Waals surface area contributed by atoms with Crippen molar-refractivity contribution in [1.82, 2.24) is 4.31 Å². The lowest BCUT2D eigenvalue weighted by atomic mass is 9.72. The summed E-state index contributed by atoms with van der Waals surface area (Å²) in [7, 11) is -3.87. The van der Waals surface area contributed by atoms with E-state index in [2.05, 4.69) is 63.7 Å². The van der Waals surface area contributed by atoms with Crippen molar-refractivity contribution in [2.45, 2.75) is 101 Å². The van der Waals surface area contributed by atoms with E-state index in [0.717, 1.165) is 37.7 Å². The molecule has 0 radical (unpaired) electrons. The summed E-state index contributed by atoms with van der Waals surface area (Å²) in [6.45, 7) is 13.3. The van der Waals surface area contributed by atoms with E-state index >= 15 is 0 Å². The molecular formula is C41H51NO6S. The van der Waals surface area contributed by atoms with Crippen molar-refractivity contribution in [2.75, 3.05) is 19.7 Å². The number of carboxylic acids is 1. The molecule has 1 saturated carbocycles. The highest BCUT2D eigenvalue weighted by molar-refractivity contribution is 7.89. The van der Waals surface area contributed by atoms with Gasteiger partial charge in [-0.25, -0.2) is 13.2 Å². The zero-order valence-electron chi connectivity index (χ0n) is 29.4. The molecule has 49 heavy (non-hydrogen) atoms. The van der Waals surface area contributed by atoms with Crippen LogP contribution in [-0.4, -0.2) is 49.6 Å². The van der Waals surface area contributed by atoms with Crippen LogP contribution in [0.25, 0.3) is 0 Å². The topological polar surface area (TPSA) is 93.1 Å². The fourth-order valence-electron chi connectivity index (χ4n) is 8.14. The molecular weight excluding hydrogens is 635 g/mol. The Kier molecular flexibility index (Phi) is 10.4. The van der Waals surface area contributed by atoms with E-state index in [1.54, 1.807) is 22.5 Å². The molecule has 0 bridgehead atoms. The number of benzene rings is 3. The predicted octanol–water partition coefficient (Wildman–Crippen LogP) is 8.23. The molecule has 2 aliphatic heterocycles. The molecule has 0 amide bonds. The smallest absolute Gasteiger partial charge is 0.341 e. The highest BCUT2D eigenvalue weighted by Gasteiger charge is 2.45. The van der Waals surface area contributed by atoms with E-state index in [0.29, 0.717) is 43.2 Å². The van der Waals surface area contributed by atoms with E-state index in [9.17, 15) is 18.3 Å². The summed E-state index contributed by atoms with van der Waals surface area (Å²) in [6.07, 6.45) is 5.94. The van der Waals surface area contributed by atoms with Gasteiger partial charge in [0.2, 0.25) is 10.0 Å². The van der Waals surface area contributed by atoms with E-state index in [1.165, 1.54) is 22.3 Å². The molecule has 1 saturated heterocycles.